The van der Waals surface area contributed by atoms with Crippen LogP contribution in [0.1, 0.15) is 70.2 Å². The van der Waals surface area contributed by atoms with Crippen LogP contribution in [0.5, 0.6) is 0 Å². The molecule has 2 atom stereocenters. The fourth-order valence-corrected chi connectivity index (χ4v) is 2.81. The van der Waals surface area contributed by atoms with Crippen molar-refractivity contribution in [2.75, 3.05) is 7.11 Å². The summed E-state index contributed by atoms with van der Waals surface area (Å²) < 4.78 is 11.0. The second-order valence-corrected chi connectivity index (χ2v) is 5.79. The van der Waals surface area contributed by atoms with Crippen LogP contribution >= 0.6 is 0 Å². The van der Waals surface area contributed by atoms with E-state index in [4.69, 9.17) is 9.26 Å². The minimum Gasteiger partial charge on any atom is -0.373 e. The molecule has 0 radical (unpaired) electrons. The van der Waals surface area contributed by atoms with Crippen molar-refractivity contribution in [2.45, 2.75) is 71.1 Å². The summed E-state index contributed by atoms with van der Waals surface area (Å²) in [6.45, 7) is 4.93. The Hall–Kier alpha value is -0.940. The maximum atomic E-state index is 5.63. The van der Waals surface area contributed by atoms with Crippen molar-refractivity contribution < 1.29 is 9.26 Å². The molecule has 0 amide bonds. The summed E-state index contributed by atoms with van der Waals surface area (Å²) in [5.74, 6) is 1.89. The van der Waals surface area contributed by atoms with Gasteiger partial charge in [-0.2, -0.15) is 4.98 Å². The van der Waals surface area contributed by atoms with Crippen LogP contribution in [0, 0.1) is 5.92 Å². The first-order valence-electron chi connectivity index (χ1n) is 7.83. The van der Waals surface area contributed by atoms with Crippen molar-refractivity contribution in [1.82, 2.24) is 15.5 Å². The largest absolute Gasteiger partial charge is 0.373 e. The van der Waals surface area contributed by atoms with Crippen LogP contribution in [0.2, 0.25) is 0 Å². The van der Waals surface area contributed by atoms with Crippen LogP contribution < -0.4 is 5.32 Å². The van der Waals surface area contributed by atoms with Crippen LogP contribution in [0.4, 0.5) is 0 Å². The molecule has 0 aliphatic heterocycles. The van der Waals surface area contributed by atoms with Crippen LogP contribution in [0.3, 0.4) is 0 Å². The van der Waals surface area contributed by atoms with Crippen molar-refractivity contribution in [3.8, 4) is 0 Å². The predicted octanol–water partition coefficient (Wildman–Crippen LogP) is 3.23. The lowest BCUT2D eigenvalue weighted by molar-refractivity contribution is 0.0273. The molecule has 0 aromatic carbocycles. The summed E-state index contributed by atoms with van der Waals surface area (Å²) in [7, 11) is 1.74. The van der Waals surface area contributed by atoms with Gasteiger partial charge in [-0.3, -0.25) is 0 Å². The van der Waals surface area contributed by atoms with Crippen LogP contribution in [0.25, 0.3) is 0 Å². The highest BCUT2D eigenvalue weighted by Crippen LogP contribution is 2.35. The van der Waals surface area contributed by atoms with Gasteiger partial charge in [0.15, 0.2) is 0 Å². The topological polar surface area (TPSA) is 60.2 Å². The highest BCUT2D eigenvalue weighted by Gasteiger charge is 2.28. The highest BCUT2D eigenvalue weighted by atomic mass is 16.5. The molecule has 2 rings (SSSR count). The molecule has 1 aromatic rings. The van der Waals surface area contributed by atoms with E-state index in [2.05, 4.69) is 29.3 Å². The summed E-state index contributed by atoms with van der Waals surface area (Å²) in [6, 6.07) is 0.460. The third-order valence-electron chi connectivity index (χ3n) is 4.28. The van der Waals surface area contributed by atoms with E-state index in [0.717, 1.165) is 6.42 Å². The third-order valence-corrected chi connectivity index (χ3v) is 4.28. The van der Waals surface area contributed by atoms with E-state index in [1.807, 2.05) is 0 Å². The van der Waals surface area contributed by atoms with Crippen molar-refractivity contribution in [2.24, 2.45) is 5.92 Å². The Kier molecular flexibility index (Phi) is 5.98. The standard InChI is InChI=1S/C15H27N3O2/c1-4-11(2)16-10-13-17-15(18-20-13)14(19-3)12-8-6-5-7-9-12/h11-12,14,16H,4-10H2,1-3H3. The van der Waals surface area contributed by atoms with Crippen molar-refractivity contribution in [3.63, 3.8) is 0 Å². The predicted molar refractivity (Wildman–Crippen MR) is 77.2 cm³/mol. The fraction of sp³-hybridized carbons (Fsp3) is 0.867. The lowest BCUT2D eigenvalue weighted by Gasteiger charge is -2.26. The lowest BCUT2D eigenvalue weighted by Crippen LogP contribution is -2.24. The molecular weight excluding hydrogens is 254 g/mol. The zero-order valence-corrected chi connectivity index (χ0v) is 12.9. The smallest absolute Gasteiger partial charge is 0.240 e. The Balaban J connectivity index is 1.94. The molecule has 5 nitrogen and oxygen atoms in total. The summed E-state index contributed by atoms with van der Waals surface area (Å²) in [5, 5.41) is 7.48. The number of hydrogen-bond donors (Lipinski definition) is 1. The second kappa shape index (κ2) is 7.74. The van der Waals surface area contributed by atoms with E-state index in [1.54, 1.807) is 7.11 Å². The molecule has 0 bridgehead atoms. The van der Waals surface area contributed by atoms with E-state index in [-0.39, 0.29) is 6.10 Å². The number of nitrogens with one attached hydrogen (secondary N) is 1. The Morgan fingerprint density at radius 3 is 2.75 bits per heavy atom. The molecule has 1 aliphatic rings. The van der Waals surface area contributed by atoms with Gasteiger partial charge in [-0.1, -0.05) is 31.3 Å². The van der Waals surface area contributed by atoms with Gasteiger partial charge in [0.2, 0.25) is 11.7 Å². The number of ether oxygens (including phenoxy) is 1. The zero-order valence-electron chi connectivity index (χ0n) is 12.9. The Morgan fingerprint density at radius 1 is 1.35 bits per heavy atom. The third kappa shape index (κ3) is 4.03. The number of nitrogens with zero attached hydrogens (tertiary/aromatic N) is 2. The molecule has 1 heterocycles. The Morgan fingerprint density at radius 2 is 2.10 bits per heavy atom. The van der Waals surface area contributed by atoms with E-state index in [0.29, 0.717) is 30.2 Å². The van der Waals surface area contributed by atoms with Gasteiger partial charge in [-0.05, 0) is 32.1 Å². The van der Waals surface area contributed by atoms with Crippen LogP contribution in [-0.4, -0.2) is 23.3 Å². The summed E-state index contributed by atoms with van der Waals surface area (Å²) in [5.41, 5.74) is 0. The Bertz CT molecular complexity index is 388. The van der Waals surface area contributed by atoms with Crippen molar-refractivity contribution >= 4 is 0 Å². The van der Waals surface area contributed by atoms with Gasteiger partial charge in [-0.15, -0.1) is 0 Å². The average molecular weight is 281 g/mol. The summed E-state index contributed by atoms with van der Waals surface area (Å²) >= 11 is 0. The SMILES string of the molecule is CCC(C)NCc1nc(C(OC)C2CCCCC2)no1. The first-order chi connectivity index (χ1) is 9.74. The zero-order chi connectivity index (χ0) is 14.4. The fourth-order valence-electron chi connectivity index (χ4n) is 2.81. The van der Waals surface area contributed by atoms with Crippen molar-refractivity contribution in [3.05, 3.63) is 11.7 Å². The molecule has 0 spiro atoms. The van der Waals surface area contributed by atoms with Gasteiger partial charge in [-0.25, -0.2) is 0 Å². The quantitative estimate of drug-likeness (QED) is 0.831. The molecule has 1 aromatic heterocycles. The first-order valence-corrected chi connectivity index (χ1v) is 7.83. The van der Waals surface area contributed by atoms with Gasteiger partial charge in [0.05, 0.1) is 6.54 Å². The van der Waals surface area contributed by atoms with Gasteiger partial charge in [0.25, 0.3) is 0 Å². The minimum atomic E-state index is -0.0172. The van der Waals surface area contributed by atoms with E-state index in [1.165, 1.54) is 32.1 Å². The van der Waals surface area contributed by atoms with Crippen LogP contribution in [0.15, 0.2) is 4.52 Å². The molecule has 20 heavy (non-hydrogen) atoms. The first kappa shape index (κ1) is 15.4. The second-order valence-electron chi connectivity index (χ2n) is 5.79. The normalized spacial score (nSPS) is 19.9. The molecule has 0 saturated heterocycles. The Labute approximate surface area is 121 Å². The van der Waals surface area contributed by atoms with Gasteiger partial charge in [0.1, 0.15) is 6.10 Å². The molecule has 1 fully saturated rings. The number of rotatable bonds is 7. The van der Waals surface area contributed by atoms with Gasteiger partial charge < -0.3 is 14.6 Å². The number of hydrogen-bond acceptors (Lipinski definition) is 5. The summed E-state index contributed by atoms with van der Waals surface area (Å²) in [4.78, 5) is 4.50. The lowest BCUT2D eigenvalue weighted by atomic mass is 9.85. The molecule has 1 saturated carbocycles. The number of methoxy groups -OCH3 is 1. The molecule has 2 unspecified atom stereocenters. The van der Waals surface area contributed by atoms with Crippen molar-refractivity contribution in [1.29, 1.82) is 0 Å². The maximum Gasteiger partial charge on any atom is 0.240 e. The number of aromatic nitrogens is 2. The monoisotopic (exact) mass is 281 g/mol. The average Bonchev–Trinajstić information content (AvgIpc) is 2.95. The highest BCUT2D eigenvalue weighted by molar-refractivity contribution is 4.95. The summed E-state index contributed by atoms with van der Waals surface area (Å²) in [6.07, 6.45) is 7.38. The maximum absolute atomic E-state index is 5.63. The molecule has 114 valence electrons. The van der Waals surface area contributed by atoms with Crippen LogP contribution in [-0.2, 0) is 11.3 Å². The van der Waals surface area contributed by atoms with E-state index >= 15 is 0 Å². The molecule has 5 heteroatoms. The van der Waals surface area contributed by atoms with E-state index < -0.39 is 0 Å². The molecule has 1 N–H and O–H groups in total. The van der Waals surface area contributed by atoms with Gasteiger partial charge >= 0.3 is 0 Å². The molecule has 1 aliphatic carbocycles. The van der Waals surface area contributed by atoms with Gasteiger partial charge in [0, 0.05) is 13.2 Å². The minimum absolute atomic E-state index is 0.0172. The molecular formula is C15H27N3O2. The van der Waals surface area contributed by atoms with E-state index in [9.17, 15) is 0 Å².